The Morgan fingerprint density at radius 1 is 1.35 bits per heavy atom. The molecular formula is C17H22FN3O2. The van der Waals surface area contributed by atoms with Gasteiger partial charge in [-0.15, -0.1) is 0 Å². The zero-order valence-corrected chi connectivity index (χ0v) is 13.6. The van der Waals surface area contributed by atoms with Crippen molar-refractivity contribution in [1.29, 1.82) is 0 Å². The lowest BCUT2D eigenvalue weighted by Crippen LogP contribution is -2.38. The number of guanidine groups is 1. The zero-order chi connectivity index (χ0) is 16.8. The molecule has 3 N–H and O–H groups in total. The normalized spacial score (nSPS) is 13.0. The molecule has 1 atom stereocenters. The maximum atomic E-state index is 13.3. The second-order valence-corrected chi connectivity index (χ2v) is 5.30. The number of halogens is 1. The first-order valence-corrected chi connectivity index (χ1v) is 7.58. The Morgan fingerprint density at radius 3 is 2.74 bits per heavy atom. The number of aromatic hydroxyl groups is 1. The fourth-order valence-corrected chi connectivity index (χ4v) is 2.10. The molecule has 0 spiro atoms. The summed E-state index contributed by atoms with van der Waals surface area (Å²) in [6, 6.07) is 8.04. The van der Waals surface area contributed by atoms with Gasteiger partial charge in [-0.05, 0) is 50.6 Å². The van der Waals surface area contributed by atoms with E-state index in [4.69, 9.17) is 4.42 Å². The maximum absolute atomic E-state index is 13.3. The van der Waals surface area contributed by atoms with Crippen molar-refractivity contribution >= 4 is 5.96 Å². The summed E-state index contributed by atoms with van der Waals surface area (Å²) >= 11 is 0. The number of hydrogen-bond donors (Lipinski definition) is 3. The van der Waals surface area contributed by atoms with E-state index in [0.717, 1.165) is 11.5 Å². The molecule has 1 unspecified atom stereocenters. The minimum absolute atomic E-state index is 0.0435. The molecule has 124 valence electrons. The molecule has 2 rings (SSSR count). The van der Waals surface area contributed by atoms with Crippen molar-refractivity contribution in [3.8, 4) is 5.75 Å². The van der Waals surface area contributed by atoms with Crippen LogP contribution in [0.25, 0.3) is 0 Å². The monoisotopic (exact) mass is 319 g/mol. The van der Waals surface area contributed by atoms with Gasteiger partial charge in [0.1, 0.15) is 11.5 Å². The van der Waals surface area contributed by atoms with Crippen molar-refractivity contribution in [3.05, 3.63) is 53.2 Å². The average molecular weight is 319 g/mol. The maximum Gasteiger partial charge on any atom is 0.192 e. The number of nitrogens with zero attached hydrogens (tertiary/aromatic N) is 1. The van der Waals surface area contributed by atoms with Gasteiger partial charge in [-0.1, -0.05) is 6.07 Å². The highest BCUT2D eigenvalue weighted by molar-refractivity contribution is 5.80. The molecule has 1 aromatic heterocycles. The van der Waals surface area contributed by atoms with Crippen LogP contribution in [0.1, 0.15) is 37.0 Å². The summed E-state index contributed by atoms with van der Waals surface area (Å²) in [5.41, 5.74) is 0.680. The second-order valence-electron chi connectivity index (χ2n) is 5.30. The fraction of sp³-hybridized carbons (Fsp3) is 0.353. The van der Waals surface area contributed by atoms with Gasteiger partial charge in [0.05, 0.1) is 12.6 Å². The van der Waals surface area contributed by atoms with E-state index >= 15 is 0 Å². The molecule has 1 heterocycles. The van der Waals surface area contributed by atoms with Crippen molar-refractivity contribution in [2.24, 2.45) is 4.99 Å². The first kappa shape index (κ1) is 16.9. The van der Waals surface area contributed by atoms with E-state index in [9.17, 15) is 9.50 Å². The first-order valence-electron chi connectivity index (χ1n) is 7.58. The summed E-state index contributed by atoms with van der Waals surface area (Å²) in [6.45, 7) is 6.86. The summed E-state index contributed by atoms with van der Waals surface area (Å²) in [6.07, 6.45) is 0. The molecule has 0 saturated heterocycles. The molecule has 2 aromatic rings. The smallest absolute Gasteiger partial charge is 0.192 e. The van der Waals surface area contributed by atoms with Crippen LogP contribution in [0.15, 0.2) is 39.7 Å². The van der Waals surface area contributed by atoms with Gasteiger partial charge < -0.3 is 20.2 Å². The third-order valence-corrected chi connectivity index (χ3v) is 3.32. The van der Waals surface area contributed by atoms with Gasteiger partial charge in [0.15, 0.2) is 17.5 Å². The summed E-state index contributed by atoms with van der Waals surface area (Å²) < 4.78 is 18.9. The number of aryl methyl sites for hydroxylation is 1. The lowest BCUT2D eigenvalue weighted by molar-refractivity contribution is 0.432. The van der Waals surface area contributed by atoms with Gasteiger partial charge in [0.2, 0.25) is 0 Å². The number of furan rings is 1. The number of hydrogen-bond acceptors (Lipinski definition) is 3. The minimum atomic E-state index is -0.643. The van der Waals surface area contributed by atoms with E-state index in [2.05, 4.69) is 15.6 Å². The Hall–Kier alpha value is -2.50. The van der Waals surface area contributed by atoms with Crippen LogP contribution in [0.2, 0.25) is 0 Å². The number of aliphatic imine (C=N–C) groups is 1. The average Bonchev–Trinajstić information content (AvgIpc) is 2.95. The minimum Gasteiger partial charge on any atom is -0.505 e. The Labute approximate surface area is 135 Å². The van der Waals surface area contributed by atoms with Crippen LogP contribution in [0.5, 0.6) is 5.75 Å². The summed E-state index contributed by atoms with van der Waals surface area (Å²) in [7, 11) is 0. The third-order valence-electron chi connectivity index (χ3n) is 3.32. The third kappa shape index (κ3) is 4.74. The molecule has 0 radical (unpaired) electrons. The van der Waals surface area contributed by atoms with Gasteiger partial charge in [-0.25, -0.2) is 9.38 Å². The van der Waals surface area contributed by atoms with Crippen molar-refractivity contribution in [2.75, 3.05) is 6.54 Å². The highest BCUT2D eigenvalue weighted by Crippen LogP contribution is 2.17. The topological polar surface area (TPSA) is 69.8 Å². The van der Waals surface area contributed by atoms with E-state index in [1.807, 2.05) is 32.9 Å². The van der Waals surface area contributed by atoms with Gasteiger partial charge in [0, 0.05) is 6.54 Å². The van der Waals surface area contributed by atoms with Crippen LogP contribution < -0.4 is 10.6 Å². The Morgan fingerprint density at radius 2 is 2.13 bits per heavy atom. The van der Waals surface area contributed by atoms with E-state index in [1.165, 1.54) is 12.1 Å². The molecule has 0 aliphatic rings. The number of rotatable bonds is 5. The molecule has 0 fully saturated rings. The van der Waals surface area contributed by atoms with Crippen LogP contribution in [-0.2, 0) is 6.54 Å². The Balaban J connectivity index is 2.05. The van der Waals surface area contributed by atoms with Gasteiger partial charge in [-0.3, -0.25) is 0 Å². The van der Waals surface area contributed by atoms with Crippen molar-refractivity contribution in [3.63, 3.8) is 0 Å². The lowest BCUT2D eigenvalue weighted by atomic mass is 10.2. The fourth-order valence-electron chi connectivity index (χ4n) is 2.10. The zero-order valence-electron chi connectivity index (χ0n) is 13.6. The van der Waals surface area contributed by atoms with Crippen LogP contribution >= 0.6 is 0 Å². The molecule has 0 aliphatic heterocycles. The largest absolute Gasteiger partial charge is 0.505 e. The predicted octanol–water partition coefficient (Wildman–Crippen LogP) is 3.25. The molecule has 5 nitrogen and oxygen atoms in total. The number of nitrogens with one attached hydrogen (secondary N) is 2. The Bertz CT molecular complexity index is 682. The first-order chi connectivity index (χ1) is 11.0. The SMILES string of the molecule is CCNC(=NCc1ccc(O)c(F)c1)NC(C)c1ccc(C)o1. The van der Waals surface area contributed by atoms with E-state index in [0.29, 0.717) is 24.6 Å². The second kappa shape index (κ2) is 7.67. The quantitative estimate of drug-likeness (QED) is 0.584. The van der Waals surface area contributed by atoms with E-state index < -0.39 is 5.82 Å². The molecule has 23 heavy (non-hydrogen) atoms. The van der Waals surface area contributed by atoms with E-state index in [-0.39, 0.29) is 11.8 Å². The van der Waals surface area contributed by atoms with Crippen LogP contribution in [-0.4, -0.2) is 17.6 Å². The van der Waals surface area contributed by atoms with Crippen LogP contribution in [0, 0.1) is 12.7 Å². The van der Waals surface area contributed by atoms with Crippen molar-refractivity contribution in [1.82, 2.24) is 10.6 Å². The van der Waals surface area contributed by atoms with Crippen molar-refractivity contribution in [2.45, 2.75) is 33.4 Å². The number of benzene rings is 1. The van der Waals surface area contributed by atoms with Crippen LogP contribution in [0.3, 0.4) is 0 Å². The van der Waals surface area contributed by atoms with Gasteiger partial charge in [-0.2, -0.15) is 0 Å². The highest BCUT2D eigenvalue weighted by atomic mass is 19.1. The summed E-state index contributed by atoms with van der Waals surface area (Å²) in [4.78, 5) is 4.43. The highest BCUT2D eigenvalue weighted by Gasteiger charge is 2.11. The van der Waals surface area contributed by atoms with Crippen molar-refractivity contribution < 1.29 is 13.9 Å². The number of phenols is 1. The van der Waals surface area contributed by atoms with E-state index in [1.54, 1.807) is 6.07 Å². The standard InChI is InChI=1S/C17H22FN3O2/c1-4-19-17(21-12(3)16-8-5-11(2)23-16)20-10-13-6-7-15(22)14(18)9-13/h5-9,12,22H,4,10H2,1-3H3,(H2,19,20,21). The summed E-state index contributed by atoms with van der Waals surface area (Å²) in [5.74, 6) is 1.29. The molecule has 0 saturated carbocycles. The lowest BCUT2D eigenvalue weighted by Gasteiger charge is -2.16. The molecule has 6 heteroatoms. The molecular weight excluding hydrogens is 297 g/mol. The Kier molecular flexibility index (Phi) is 5.62. The molecule has 1 aromatic carbocycles. The summed E-state index contributed by atoms with van der Waals surface area (Å²) in [5, 5.41) is 15.6. The van der Waals surface area contributed by atoms with Gasteiger partial charge >= 0.3 is 0 Å². The molecule has 0 aliphatic carbocycles. The molecule has 0 amide bonds. The number of phenolic OH excluding ortho intramolecular Hbond substituents is 1. The molecule has 0 bridgehead atoms. The van der Waals surface area contributed by atoms with Gasteiger partial charge in [0.25, 0.3) is 0 Å². The predicted molar refractivity (Wildman–Crippen MR) is 87.9 cm³/mol. The van der Waals surface area contributed by atoms with Crippen LogP contribution in [0.4, 0.5) is 4.39 Å².